The number of alkyl halides is 1. The Labute approximate surface area is 249 Å². The van der Waals surface area contributed by atoms with Crippen molar-refractivity contribution in [2.24, 2.45) is 47.3 Å². The molecule has 1 aliphatic heterocycles. The summed E-state index contributed by atoms with van der Waals surface area (Å²) in [7, 11) is 0. The standard InChI is InChI=1S/C34H49BrO5/c1-20(2)8-6-9-21(3)22(4)12-15-27-23(5)10-7-11-24(27)16-29-28-18-26(39-31(36)19-35)14-13-25(28)17-30-32(29)34(38)40-33(30)37/h6,9,16,20-23,26-27,29-30,32H,7-8,10-15,17-19H2,1-5H3/b9-6+,24-16+/t21-,22?,23?,26+,27?,29+,30?,32?/m1/s1. The molecule has 0 radical (unpaired) electrons. The molecule has 4 aliphatic rings. The van der Waals surface area contributed by atoms with E-state index in [-0.39, 0.29) is 41.2 Å². The number of rotatable bonds is 10. The number of halogens is 1. The Bertz CT molecular complexity index is 1040. The third-order valence-electron chi connectivity index (χ3n) is 10.1. The van der Waals surface area contributed by atoms with Crippen LogP contribution in [0.15, 0.2) is 34.9 Å². The van der Waals surface area contributed by atoms with Crippen LogP contribution in [0.3, 0.4) is 0 Å². The van der Waals surface area contributed by atoms with Crippen LogP contribution in [0, 0.1) is 47.3 Å². The molecule has 0 N–H and O–H groups in total. The highest BCUT2D eigenvalue weighted by Gasteiger charge is 2.53. The van der Waals surface area contributed by atoms with Crippen molar-refractivity contribution in [3.8, 4) is 0 Å². The molecule has 0 amide bonds. The van der Waals surface area contributed by atoms with Gasteiger partial charge in [0, 0.05) is 12.3 Å². The Morgan fingerprint density at radius 2 is 1.88 bits per heavy atom. The van der Waals surface area contributed by atoms with Crippen LogP contribution < -0.4 is 0 Å². The maximum atomic E-state index is 13.0. The van der Waals surface area contributed by atoms with E-state index in [1.807, 2.05) is 0 Å². The van der Waals surface area contributed by atoms with E-state index in [9.17, 15) is 14.4 Å². The van der Waals surface area contributed by atoms with E-state index in [1.165, 1.54) is 29.6 Å². The van der Waals surface area contributed by atoms with Gasteiger partial charge in [-0.3, -0.25) is 14.4 Å². The second kappa shape index (κ2) is 14.0. The predicted molar refractivity (Wildman–Crippen MR) is 161 cm³/mol. The Morgan fingerprint density at radius 1 is 1.10 bits per heavy atom. The third kappa shape index (κ3) is 7.38. The SMILES string of the molecule is CC(C)C/C=C/[C@@H](C)C(C)CCC1/C(=C/[C@H]2C3=C(CC[C@H](OC(=O)CBr)C3)CC3C(=O)OC(=O)C32)CCCC1C. The lowest BCUT2D eigenvalue weighted by Gasteiger charge is -2.40. The van der Waals surface area contributed by atoms with Crippen LogP contribution in [0.2, 0.25) is 0 Å². The first-order chi connectivity index (χ1) is 19.1. The summed E-state index contributed by atoms with van der Waals surface area (Å²) in [5.41, 5.74) is 3.95. The van der Waals surface area contributed by atoms with Crippen molar-refractivity contribution in [2.45, 2.75) is 105 Å². The van der Waals surface area contributed by atoms with Crippen LogP contribution in [-0.2, 0) is 23.9 Å². The highest BCUT2D eigenvalue weighted by molar-refractivity contribution is 9.09. The minimum absolute atomic E-state index is 0.142. The lowest BCUT2D eigenvalue weighted by molar-refractivity contribution is -0.154. The number of cyclic esters (lactones) is 2. The number of allylic oxidation sites excluding steroid dienone is 5. The summed E-state index contributed by atoms with van der Waals surface area (Å²) in [5, 5.41) is 0.179. The maximum Gasteiger partial charge on any atom is 0.318 e. The van der Waals surface area contributed by atoms with Gasteiger partial charge in [0.15, 0.2) is 0 Å². The number of fused-ring (bicyclic) bond motifs is 1. The van der Waals surface area contributed by atoms with E-state index in [4.69, 9.17) is 9.47 Å². The molecule has 1 saturated carbocycles. The number of carbonyl (C=O) groups excluding carboxylic acids is 3. The Kier molecular flexibility index (Phi) is 10.9. The molecule has 222 valence electrons. The van der Waals surface area contributed by atoms with Crippen molar-refractivity contribution >= 4 is 33.8 Å². The smallest absolute Gasteiger partial charge is 0.318 e. The second-order valence-corrected chi connectivity index (χ2v) is 14.0. The normalized spacial score (nSPS) is 33.2. The second-order valence-electron chi connectivity index (χ2n) is 13.4. The molecule has 4 rings (SSSR count). The molecular formula is C34H49BrO5. The topological polar surface area (TPSA) is 69.7 Å². The van der Waals surface area contributed by atoms with Crippen LogP contribution in [0.4, 0.5) is 0 Å². The summed E-state index contributed by atoms with van der Waals surface area (Å²) in [6, 6.07) is 0. The first-order valence-corrected chi connectivity index (χ1v) is 16.8. The number of esters is 3. The van der Waals surface area contributed by atoms with Gasteiger partial charge in [-0.1, -0.05) is 85.5 Å². The minimum Gasteiger partial charge on any atom is -0.461 e. The van der Waals surface area contributed by atoms with Crippen molar-refractivity contribution in [3.05, 3.63) is 34.9 Å². The van der Waals surface area contributed by atoms with E-state index < -0.39 is 5.92 Å². The van der Waals surface area contributed by atoms with Crippen molar-refractivity contribution in [1.29, 1.82) is 0 Å². The molecule has 1 heterocycles. The van der Waals surface area contributed by atoms with Gasteiger partial charge in [-0.25, -0.2) is 0 Å². The van der Waals surface area contributed by atoms with Crippen LogP contribution in [0.1, 0.15) is 98.8 Å². The van der Waals surface area contributed by atoms with E-state index in [0.29, 0.717) is 42.4 Å². The predicted octanol–water partition coefficient (Wildman–Crippen LogP) is 8.13. The number of hydrogen-bond acceptors (Lipinski definition) is 5. The minimum atomic E-state index is -0.452. The molecule has 0 aromatic rings. The zero-order valence-corrected chi connectivity index (χ0v) is 26.7. The summed E-state index contributed by atoms with van der Waals surface area (Å²) in [5.74, 6) is 0.976. The first kappa shape index (κ1) is 31.3. The number of hydrogen-bond donors (Lipinski definition) is 0. The molecule has 0 spiro atoms. The number of ether oxygens (including phenoxy) is 2. The zero-order chi connectivity index (χ0) is 29.0. The van der Waals surface area contributed by atoms with Gasteiger partial charge in [0.25, 0.3) is 0 Å². The summed E-state index contributed by atoms with van der Waals surface area (Å²) in [6.07, 6.45) is 16.7. The van der Waals surface area contributed by atoms with Gasteiger partial charge in [-0.2, -0.15) is 0 Å². The van der Waals surface area contributed by atoms with Gasteiger partial charge in [-0.05, 0) is 87.4 Å². The van der Waals surface area contributed by atoms with Crippen LogP contribution in [0.5, 0.6) is 0 Å². The van der Waals surface area contributed by atoms with Crippen LogP contribution >= 0.6 is 15.9 Å². The highest BCUT2D eigenvalue weighted by atomic mass is 79.9. The van der Waals surface area contributed by atoms with E-state index in [2.05, 4.69) is 68.8 Å². The van der Waals surface area contributed by atoms with Crippen molar-refractivity contribution in [3.63, 3.8) is 0 Å². The van der Waals surface area contributed by atoms with E-state index in [0.717, 1.165) is 38.5 Å². The molecule has 0 bridgehead atoms. The highest BCUT2D eigenvalue weighted by Crippen LogP contribution is 2.51. The van der Waals surface area contributed by atoms with Gasteiger partial charge in [0.1, 0.15) is 11.4 Å². The Hall–Kier alpha value is -1.69. The molecule has 8 atom stereocenters. The van der Waals surface area contributed by atoms with Gasteiger partial charge in [0.05, 0.1) is 11.8 Å². The van der Waals surface area contributed by atoms with Crippen LogP contribution in [-0.4, -0.2) is 29.3 Å². The Balaban J connectivity index is 1.57. The fourth-order valence-corrected chi connectivity index (χ4v) is 7.64. The monoisotopic (exact) mass is 616 g/mol. The summed E-state index contributed by atoms with van der Waals surface area (Å²) < 4.78 is 10.9. The fourth-order valence-electron chi connectivity index (χ4n) is 7.51. The largest absolute Gasteiger partial charge is 0.461 e. The molecular weight excluding hydrogens is 568 g/mol. The van der Waals surface area contributed by atoms with Crippen molar-refractivity contribution in [1.82, 2.24) is 0 Å². The third-order valence-corrected chi connectivity index (χ3v) is 10.6. The molecule has 5 unspecified atom stereocenters. The summed E-state index contributed by atoms with van der Waals surface area (Å²) >= 11 is 3.20. The molecule has 5 nitrogen and oxygen atoms in total. The molecule has 40 heavy (non-hydrogen) atoms. The summed E-state index contributed by atoms with van der Waals surface area (Å²) in [6.45, 7) is 11.6. The lowest BCUT2D eigenvalue weighted by atomic mass is 9.64. The lowest BCUT2D eigenvalue weighted by Crippen LogP contribution is -2.36. The van der Waals surface area contributed by atoms with E-state index in [1.54, 1.807) is 0 Å². The first-order valence-electron chi connectivity index (χ1n) is 15.7. The van der Waals surface area contributed by atoms with Gasteiger partial charge in [-0.15, -0.1) is 0 Å². The zero-order valence-electron chi connectivity index (χ0n) is 25.1. The fraction of sp³-hybridized carbons (Fsp3) is 0.735. The van der Waals surface area contributed by atoms with Gasteiger partial charge >= 0.3 is 17.9 Å². The quantitative estimate of drug-likeness (QED) is 0.107. The maximum absolute atomic E-state index is 13.0. The molecule has 6 heteroatoms. The van der Waals surface area contributed by atoms with E-state index >= 15 is 0 Å². The van der Waals surface area contributed by atoms with Crippen molar-refractivity contribution < 1.29 is 23.9 Å². The molecule has 0 aromatic carbocycles. The Morgan fingerprint density at radius 3 is 2.60 bits per heavy atom. The average molecular weight is 618 g/mol. The molecule has 0 aromatic heterocycles. The number of carbonyl (C=O) groups is 3. The molecule has 1 saturated heterocycles. The average Bonchev–Trinajstić information content (AvgIpc) is 3.20. The molecule has 3 aliphatic carbocycles. The van der Waals surface area contributed by atoms with Crippen LogP contribution in [0.25, 0.3) is 0 Å². The van der Waals surface area contributed by atoms with Gasteiger partial charge in [0.2, 0.25) is 0 Å². The summed E-state index contributed by atoms with van der Waals surface area (Å²) in [4.78, 5) is 37.7. The molecule has 2 fully saturated rings. The van der Waals surface area contributed by atoms with Crippen molar-refractivity contribution in [2.75, 3.05) is 5.33 Å². The van der Waals surface area contributed by atoms with Gasteiger partial charge < -0.3 is 9.47 Å².